The standard InChI is InChI=1S/C23H28N2O2/c26-23-19-14-25(11-12-27-15-16-5-2-1-3-6-16)10-9-17(19)13-21-22(23)18-7-4-8-20(18)24-21/h1-3,5-6,17,19,24H,4,7-15H2/t17-,19+/m0/s1. The molecule has 0 saturated carbocycles. The number of piperidine rings is 1. The van der Waals surface area contributed by atoms with E-state index < -0.39 is 0 Å². The Morgan fingerprint density at radius 2 is 2.04 bits per heavy atom. The summed E-state index contributed by atoms with van der Waals surface area (Å²) in [7, 11) is 0. The van der Waals surface area contributed by atoms with Crippen LogP contribution in [0.1, 0.15) is 45.7 Å². The van der Waals surface area contributed by atoms with Gasteiger partial charge in [-0.1, -0.05) is 30.3 Å². The van der Waals surface area contributed by atoms with Gasteiger partial charge in [0.05, 0.1) is 13.2 Å². The maximum atomic E-state index is 13.3. The molecule has 27 heavy (non-hydrogen) atoms. The largest absolute Gasteiger partial charge is 0.375 e. The van der Waals surface area contributed by atoms with Gasteiger partial charge < -0.3 is 14.6 Å². The van der Waals surface area contributed by atoms with E-state index in [1.54, 1.807) is 0 Å². The van der Waals surface area contributed by atoms with Crippen LogP contribution < -0.4 is 0 Å². The third kappa shape index (κ3) is 3.26. The molecule has 2 heterocycles. The van der Waals surface area contributed by atoms with E-state index in [0.717, 1.165) is 57.5 Å². The molecule has 2 aromatic rings. The monoisotopic (exact) mass is 364 g/mol. The smallest absolute Gasteiger partial charge is 0.169 e. The van der Waals surface area contributed by atoms with Gasteiger partial charge in [-0.15, -0.1) is 0 Å². The molecule has 4 nitrogen and oxygen atoms in total. The number of aryl methyl sites for hydroxylation is 1. The predicted octanol–water partition coefficient (Wildman–Crippen LogP) is 3.40. The highest BCUT2D eigenvalue weighted by Crippen LogP contribution is 2.40. The van der Waals surface area contributed by atoms with E-state index in [1.807, 2.05) is 18.2 Å². The molecule has 1 aromatic carbocycles. The molecular formula is C23H28N2O2. The summed E-state index contributed by atoms with van der Waals surface area (Å²) in [4.78, 5) is 19.3. The van der Waals surface area contributed by atoms with E-state index >= 15 is 0 Å². The van der Waals surface area contributed by atoms with Gasteiger partial charge in [-0.25, -0.2) is 0 Å². The highest BCUT2D eigenvalue weighted by Gasteiger charge is 2.42. The fourth-order valence-electron chi connectivity index (χ4n) is 5.25. The van der Waals surface area contributed by atoms with Crippen LogP contribution >= 0.6 is 0 Å². The van der Waals surface area contributed by atoms with Crippen LogP contribution in [-0.2, 0) is 30.6 Å². The summed E-state index contributed by atoms with van der Waals surface area (Å²) in [5.41, 5.74) is 6.22. The van der Waals surface area contributed by atoms with Crippen molar-refractivity contribution in [3.8, 4) is 0 Å². The van der Waals surface area contributed by atoms with Gasteiger partial charge in [-0.05, 0) is 55.7 Å². The molecule has 0 unspecified atom stereocenters. The molecule has 1 N–H and O–H groups in total. The lowest BCUT2D eigenvalue weighted by molar-refractivity contribution is 0.0489. The first kappa shape index (κ1) is 17.2. The molecule has 0 spiro atoms. The Morgan fingerprint density at radius 1 is 1.15 bits per heavy atom. The van der Waals surface area contributed by atoms with Crippen LogP contribution in [-0.4, -0.2) is 41.9 Å². The minimum absolute atomic E-state index is 0.181. The number of H-pyrrole nitrogens is 1. The number of nitrogens with zero attached hydrogens (tertiary/aromatic N) is 1. The molecule has 1 aromatic heterocycles. The number of aromatic amines is 1. The van der Waals surface area contributed by atoms with Crippen LogP contribution in [0.15, 0.2) is 30.3 Å². The van der Waals surface area contributed by atoms with Crippen LogP contribution in [0.4, 0.5) is 0 Å². The van der Waals surface area contributed by atoms with E-state index in [9.17, 15) is 4.79 Å². The normalized spacial score (nSPS) is 24.5. The Hall–Kier alpha value is -1.91. The van der Waals surface area contributed by atoms with Gasteiger partial charge >= 0.3 is 0 Å². The van der Waals surface area contributed by atoms with E-state index in [0.29, 0.717) is 18.3 Å². The third-order valence-electron chi connectivity index (χ3n) is 6.68. The van der Waals surface area contributed by atoms with Crippen LogP contribution in [0.3, 0.4) is 0 Å². The number of hydrogen-bond acceptors (Lipinski definition) is 3. The lowest BCUT2D eigenvalue weighted by Gasteiger charge is -2.40. The molecule has 0 amide bonds. The quantitative estimate of drug-likeness (QED) is 0.827. The fourth-order valence-corrected chi connectivity index (χ4v) is 5.25. The Balaban J connectivity index is 1.19. The predicted molar refractivity (Wildman–Crippen MR) is 105 cm³/mol. The zero-order valence-corrected chi connectivity index (χ0v) is 15.9. The zero-order valence-electron chi connectivity index (χ0n) is 15.9. The first-order valence-electron chi connectivity index (χ1n) is 10.4. The third-order valence-corrected chi connectivity index (χ3v) is 6.68. The van der Waals surface area contributed by atoms with Gasteiger partial charge in [-0.3, -0.25) is 4.79 Å². The van der Waals surface area contributed by atoms with Crippen molar-refractivity contribution in [3.63, 3.8) is 0 Å². The van der Waals surface area contributed by atoms with Gasteiger partial charge in [-0.2, -0.15) is 0 Å². The van der Waals surface area contributed by atoms with Crippen molar-refractivity contribution < 1.29 is 9.53 Å². The molecule has 5 rings (SSSR count). The summed E-state index contributed by atoms with van der Waals surface area (Å²) in [6.45, 7) is 4.29. The number of benzene rings is 1. The molecule has 4 heteroatoms. The number of fused-ring (bicyclic) bond motifs is 4. The maximum Gasteiger partial charge on any atom is 0.169 e. The van der Waals surface area contributed by atoms with Crippen molar-refractivity contribution >= 4 is 5.78 Å². The van der Waals surface area contributed by atoms with E-state index in [1.165, 1.54) is 28.9 Å². The number of likely N-dealkylation sites (tertiary alicyclic amines) is 1. The van der Waals surface area contributed by atoms with Crippen molar-refractivity contribution in [2.75, 3.05) is 26.2 Å². The average molecular weight is 364 g/mol. The first-order chi connectivity index (χ1) is 13.3. The second-order valence-corrected chi connectivity index (χ2v) is 8.35. The molecule has 1 fully saturated rings. The average Bonchev–Trinajstić information content (AvgIpc) is 3.27. The first-order valence-corrected chi connectivity index (χ1v) is 10.4. The Morgan fingerprint density at radius 3 is 2.93 bits per heavy atom. The van der Waals surface area contributed by atoms with E-state index in [2.05, 4.69) is 22.0 Å². The molecule has 2 atom stereocenters. The summed E-state index contributed by atoms with van der Waals surface area (Å²) in [6, 6.07) is 10.3. The topological polar surface area (TPSA) is 45.3 Å². The van der Waals surface area contributed by atoms with Crippen LogP contribution in [0.5, 0.6) is 0 Å². The van der Waals surface area contributed by atoms with E-state index in [4.69, 9.17) is 4.74 Å². The molecule has 0 radical (unpaired) electrons. The molecule has 3 aliphatic rings. The lowest BCUT2D eigenvalue weighted by atomic mass is 9.72. The number of nitrogens with one attached hydrogen (secondary N) is 1. The maximum absolute atomic E-state index is 13.3. The zero-order chi connectivity index (χ0) is 18.2. The van der Waals surface area contributed by atoms with Gasteiger partial charge in [0.25, 0.3) is 0 Å². The second kappa shape index (κ2) is 7.25. The summed E-state index contributed by atoms with van der Waals surface area (Å²) >= 11 is 0. The number of rotatable bonds is 5. The van der Waals surface area contributed by atoms with Crippen molar-refractivity contribution in [1.29, 1.82) is 0 Å². The Kier molecular flexibility index (Phi) is 4.62. The summed E-state index contributed by atoms with van der Waals surface area (Å²) in [5.74, 6) is 1.11. The molecule has 1 aliphatic heterocycles. The number of carbonyl (C=O) groups excluding carboxylic acids is 1. The molecule has 1 saturated heterocycles. The van der Waals surface area contributed by atoms with Crippen molar-refractivity contribution in [2.24, 2.45) is 11.8 Å². The van der Waals surface area contributed by atoms with Crippen LogP contribution in [0.25, 0.3) is 0 Å². The van der Waals surface area contributed by atoms with Gasteiger partial charge in [0, 0.05) is 36.0 Å². The number of ketones is 1. The van der Waals surface area contributed by atoms with Crippen LogP contribution in [0, 0.1) is 11.8 Å². The number of Topliss-reactive ketones (excluding diaryl/α,β-unsaturated/α-hetero) is 1. The Labute approximate surface area is 160 Å². The molecule has 0 bridgehead atoms. The highest BCUT2D eigenvalue weighted by atomic mass is 16.5. The highest BCUT2D eigenvalue weighted by molar-refractivity contribution is 6.02. The van der Waals surface area contributed by atoms with Gasteiger partial charge in [0.1, 0.15) is 0 Å². The number of carbonyl (C=O) groups is 1. The van der Waals surface area contributed by atoms with Crippen molar-refractivity contribution in [1.82, 2.24) is 9.88 Å². The summed E-state index contributed by atoms with van der Waals surface area (Å²) in [6.07, 6.45) is 5.59. The minimum Gasteiger partial charge on any atom is -0.375 e. The number of aromatic nitrogens is 1. The summed E-state index contributed by atoms with van der Waals surface area (Å²) < 4.78 is 5.86. The number of hydrogen-bond donors (Lipinski definition) is 1. The Bertz CT molecular complexity index is 826. The van der Waals surface area contributed by atoms with E-state index in [-0.39, 0.29) is 5.92 Å². The molecule has 142 valence electrons. The molecular weight excluding hydrogens is 336 g/mol. The molecule has 2 aliphatic carbocycles. The number of ether oxygens (including phenoxy) is 1. The lowest BCUT2D eigenvalue weighted by Crippen LogP contribution is -2.47. The second-order valence-electron chi connectivity index (χ2n) is 8.35. The van der Waals surface area contributed by atoms with Crippen molar-refractivity contribution in [2.45, 2.75) is 38.7 Å². The SMILES string of the molecule is O=C1c2c([nH]c3c2CCC3)C[C@@H]2CCN(CCOCc3ccccc3)C[C@@H]12. The van der Waals surface area contributed by atoms with Gasteiger partial charge in [0.15, 0.2) is 5.78 Å². The summed E-state index contributed by atoms with van der Waals surface area (Å²) in [5, 5.41) is 0. The van der Waals surface area contributed by atoms with Gasteiger partial charge in [0.2, 0.25) is 0 Å². The van der Waals surface area contributed by atoms with Crippen molar-refractivity contribution in [3.05, 3.63) is 58.4 Å². The fraction of sp³-hybridized carbons (Fsp3) is 0.522. The van der Waals surface area contributed by atoms with Crippen LogP contribution in [0.2, 0.25) is 0 Å². The minimum atomic E-state index is 0.181.